The van der Waals surface area contributed by atoms with Gasteiger partial charge in [0.25, 0.3) is 0 Å². The molecule has 1 aliphatic carbocycles. The van der Waals surface area contributed by atoms with Crippen LogP contribution in [-0.4, -0.2) is 26.8 Å². The second-order valence-corrected chi connectivity index (χ2v) is 7.74. The zero-order valence-corrected chi connectivity index (χ0v) is 15.9. The molecule has 5 nitrogen and oxygen atoms in total. The molecule has 0 unspecified atom stereocenters. The van der Waals surface area contributed by atoms with Gasteiger partial charge in [-0.15, -0.1) is 0 Å². The summed E-state index contributed by atoms with van der Waals surface area (Å²) in [5.41, 5.74) is 0.278. The third-order valence-corrected chi connectivity index (χ3v) is 5.26. The number of ether oxygens (including phenoxy) is 1. The van der Waals surface area contributed by atoms with Gasteiger partial charge < -0.3 is 15.2 Å². The number of aliphatic hydroxyl groups is 1. The van der Waals surface area contributed by atoms with Crippen molar-refractivity contribution in [3.8, 4) is 5.75 Å². The molecule has 27 heavy (non-hydrogen) atoms. The van der Waals surface area contributed by atoms with Crippen LogP contribution in [0.25, 0.3) is 10.8 Å². The van der Waals surface area contributed by atoms with E-state index in [2.05, 4.69) is 15.3 Å². The van der Waals surface area contributed by atoms with Gasteiger partial charge in [-0.05, 0) is 74.4 Å². The molecule has 140 valence electrons. The number of halogens is 1. The second-order valence-electron chi connectivity index (χ2n) is 7.35. The van der Waals surface area contributed by atoms with Crippen molar-refractivity contribution in [2.45, 2.75) is 44.3 Å². The number of aromatic nitrogens is 2. The molecule has 1 fully saturated rings. The van der Waals surface area contributed by atoms with E-state index in [0.29, 0.717) is 5.15 Å². The molecule has 3 aromatic rings. The summed E-state index contributed by atoms with van der Waals surface area (Å²) >= 11 is 5.84. The average molecular weight is 384 g/mol. The Kier molecular flexibility index (Phi) is 4.89. The lowest BCUT2D eigenvalue weighted by molar-refractivity contribution is -0.0108. The maximum absolute atomic E-state index is 10.1. The molecule has 0 spiro atoms. The summed E-state index contributed by atoms with van der Waals surface area (Å²) in [6.07, 6.45) is 6.91. The summed E-state index contributed by atoms with van der Waals surface area (Å²) in [6, 6.07) is 11.6. The van der Waals surface area contributed by atoms with Crippen LogP contribution in [0.3, 0.4) is 0 Å². The first-order valence-corrected chi connectivity index (χ1v) is 9.53. The maximum Gasteiger partial charge on any atom is 0.138 e. The van der Waals surface area contributed by atoms with Gasteiger partial charge >= 0.3 is 0 Å². The first-order chi connectivity index (χ1) is 13.0. The Morgan fingerprint density at radius 3 is 2.70 bits per heavy atom. The second kappa shape index (κ2) is 7.33. The van der Waals surface area contributed by atoms with Gasteiger partial charge in [-0.2, -0.15) is 0 Å². The quantitative estimate of drug-likeness (QED) is 0.613. The number of hydrogen-bond donors (Lipinski definition) is 2. The molecule has 0 bridgehead atoms. The molecule has 1 aliphatic rings. The topological polar surface area (TPSA) is 67.3 Å². The molecule has 2 aromatic heterocycles. The van der Waals surface area contributed by atoms with Crippen molar-refractivity contribution in [2.24, 2.45) is 0 Å². The van der Waals surface area contributed by atoms with E-state index in [1.807, 2.05) is 37.3 Å². The molecule has 1 saturated carbocycles. The molecule has 0 aliphatic heterocycles. The maximum atomic E-state index is 10.1. The summed E-state index contributed by atoms with van der Waals surface area (Å²) in [5, 5.41) is 15.9. The fourth-order valence-electron chi connectivity index (χ4n) is 3.44. The van der Waals surface area contributed by atoms with Crippen molar-refractivity contribution < 1.29 is 9.84 Å². The minimum atomic E-state index is -0.550. The number of nitrogens with one attached hydrogen (secondary N) is 1. The van der Waals surface area contributed by atoms with Gasteiger partial charge in [-0.1, -0.05) is 11.6 Å². The van der Waals surface area contributed by atoms with Crippen LogP contribution < -0.4 is 10.1 Å². The molecule has 2 N–H and O–H groups in total. The zero-order valence-electron chi connectivity index (χ0n) is 15.2. The van der Waals surface area contributed by atoms with Crippen LogP contribution in [0, 0.1) is 0 Å². The van der Waals surface area contributed by atoms with Crippen molar-refractivity contribution >= 4 is 33.9 Å². The minimum absolute atomic E-state index is 0.155. The lowest BCUT2D eigenvalue weighted by Gasteiger charge is -2.33. The fourth-order valence-corrected chi connectivity index (χ4v) is 3.55. The van der Waals surface area contributed by atoms with Crippen LogP contribution in [0.5, 0.6) is 5.75 Å². The van der Waals surface area contributed by atoms with Gasteiger partial charge in [-0.25, -0.2) is 9.97 Å². The van der Waals surface area contributed by atoms with Gasteiger partial charge in [0.05, 0.1) is 23.6 Å². The van der Waals surface area contributed by atoms with Gasteiger partial charge in [0.15, 0.2) is 0 Å². The Bertz CT molecular complexity index is 934. The van der Waals surface area contributed by atoms with Gasteiger partial charge in [0, 0.05) is 11.6 Å². The Morgan fingerprint density at radius 2 is 1.96 bits per heavy atom. The molecule has 4 rings (SSSR count). The fraction of sp³-hybridized carbons (Fsp3) is 0.333. The number of nitrogens with zero attached hydrogens (tertiary/aromatic N) is 2. The molecule has 0 amide bonds. The summed E-state index contributed by atoms with van der Waals surface area (Å²) < 4.78 is 6.15. The smallest absolute Gasteiger partial charge is 0.138 e. The van der Waals surface area contributed by atoms with Crippen molar-refractivity contribution in [3.05, 3.63) is 53.9 Å². The van der Waals surface area contributed by atoms with Gasteiger partial charge in [0.2, 0.25) is 0 Å². The highest BCUT2D eigenvalue weighted by atomic mass is 35.5. The summed E-state index contributed by atoms with van der Waals surface area (Å²) in [5.74, 6) is 1.61. The summed E-state index contributed by atoms with van der Waals surface area (Å²) in [6.45, 7) is 1.90. The number of rotatable bonds is 4. The Labute approximate surface area is 163 Å². The summed E-state index contributed by atoms with van der Waals surface area (Å²) in [7, 11) is 0. The largest absolute Gasteiger partial charge is 0.490 e. The minimum Gasteiger partial charge on any atom is -0.490 e. The lowest BCUT2D eigenvalue weighted by atomic mass is 9.85. The average Bonchev–Trinajstić information content (AvgIpc) is 2.65. The number of pyridine rings is 2. The van der Waals surface area contributed by atoms with Crippen molar-refractivity contribution in [1.82, 2.24) is 9.97 Å². The highest BCUT2D eigenvalue weighted by molar-refractivity contribution is 6.29. The Hall–Kier alpha value is -2.37. The molecule has 1 aromatic carbocycles. The highest BCUT2D eigenvalue weighted by Gasteiger charge is 2.29. The molecular formula is C21H22ClN3O2. The van der Waals surface area contributed by atoms with E-state index < -0.39 is 5.60 Å². The number of anilines is 2. The predicted molar refractivity (Wildman–Crippen MR) is 108 cm³/mol. The lowest BCUT2D eigenvalue weighted by Crippen LogP contribution is -2.34. The molecule has 6 heteroatoms. The number of hydrogen-bond acceptors (Lipinski definition) is 5. The van der Waals surface area contributed by atoms with E-state index in [9.17, 15) is 5.11 Å². The molecular weight excluding hydrogens is 362 g/mol. The van der Waals surface area contributed by atoms with E-state index in [0.717, 1.165) is 53.7 Å². The third kappa shape index (κ3) is 4.31. The molecule has 2 heterocycles. The van der Waals surface area contributed by atoms with Crippen LogP contribution >= 0.6 is 11.6 Å². The number of benzene rings is 1. The van der Waals surface area contributed by atoms with Crippen LogP contribution in [0.15, 0.2) is 48.8 Å². The summed E-state index contributed by atoms with van der Waals surface area (Å²) in [4.78, 5) is 8.53. The van der Waals surface area contributed by atoms with Crippen molar-refractivity contribution in [2.75, 3.05) is 5.32 Å². The van der Waals surface area contributed by atoms with Crippen LogP contribution in [0.1, 0.15) is 32.6 Å². The highest BCUT2D eigenvalue weighted by Crippen LogP contribution is 2.32. The van der Waals surface area contributed by atoms with E-state index in [4.69, 9.17) is 16.3 Å². The van der Waals surface area contributed by atoms with E-state index in [1.54, 1.807) is 18.5 Å². The van der Waals surface area contributed by atoms with Crippen molar-refractivity contribution in [3.63, 3.8) is 0 Å². The van der Waals surface area contributed by atoms with Gasteiger partial charge in [0.1, 0.15) is 16.7 Å². The molecule has 0 radical (unpaired) electrons. The first kappa shape index (κ1) is 18.0. The third-order valence-electron chi connectivity index (χ3n) is 5.04. The normalized spacial score (nSPS) is 22.6. The van der Waals surface area contributed by atoms with Crippen molar-refractivity contribution in [1.29, 1.82) is 0 Å². The van der Waals surface area contributed by atoms with Crippen LogP contribution in [0.2, 0.25) is 5.15 Å². The van der Waals surface area contributed by atoms with Crippen LogP contribution in [0.4, 0.5) is 11.5 Å². The Morgan fingerprint density at radius 1 is 1.15 bits per heavy atom. The Balaban J connectivity index is 1.52. The number of fused-ring (bicyclic) bond motifs is 1. The van der Waals surface area contributed by atoms with E-state index in [-0.39, 0.29) is 6.10 Å². The zero-order chi connectivity index (χ0) is 18.9. The van der Waals surface area contributed by atoms with Gasteiger partial charge in [-0.3, -0.25) is 0 Å². The molecule has 0 saturated heterocycles. The monoisotopic (exact) mass is 383 g/mol. The standard InChI is InChI=1S/C21H22ClN3O2/c1-21(26)9-6-16(7-10-21)27-17-3-4-18-14(12-17)8-11-23-20(18)25-15-2-5-19(22)24-13-15/h2-5,8,11-13,16,26H,6-7,9-10H2,1H3,(H,23,25)/t16-,21+. The molecule has 0 atom stereocenters. The van der Waals surface area contributed by atoms with E-state index in [1.165, 1.54) is 0 Å². The first-order valence-electron chi connectivity index (χ1n) is 9.15. The van der Waals surface area contributed by atoms with E-state index >= 15 is 0 Å². The van der Waals surface area contributed by atoms with Crippen LogP contribution in [-0.2, 0) is 0 Å². The SMILES string of the molecule is C[C@]1(O)CC[C@@H](Oc2ccc3c(Nc4ccc(Cl)nc4)nccc3c2)CC1. The predicted octanol–water partition coefficient (Wildman–Crippen LogP) is 5.10.